The molecule has 0 unspecified atom stereocenters. The lowest BCUT2D eigenvalue weighted by Gasteiger charge is -2.11. The van der Waals surface area contributed by atoms with Gasteiger partial charge in [-0.25, -0.2) is 8.78 Å². The van der Waals surface area contributed by atoms with Crippen molar-refractivity contribution in [1.82, 2.24) is 0 Å². The van der Waals surface area contributed by atoms with Crippen LogP contribution >= 0.6 is 22.6 Å². The predicted molar refractivity (Wildman–Crippen MR) is 220 cm³/mol. The second kappa shape index (κ2) is 14.5. The van der Waals surface area contributed by atoms with Crippen molar-refractivity contribution >= 4 is 101 Å². The number of phenols is 2. The van der Waals surface area contributed by atoms with Crippen LogP contribution in [0, 0.1) is 15.2 Å². The number of furan rings is 2. The highest BCUT2D eigenvalue weighted by atomic mass is 127. The number of halogens is 3. The number of benzene rings is 8. The van der Waals surface area contributed by atoms with Gasteiger partial charge in [0.1, 0.15) is 45.5 Å². The van der Waals surface area contributed by atoms with Gasteiger partial charge >= 0.3 is 7.12 Å². The second-order valence-corrected chi connectivity index (χ2v) is 13.6. The molecular formula is C44H28BF2IO6. The number of hydrogen-bond acceptors (Lipinski definition) is 6. The Morgan fingerprint density at radius 2 is 0.926 bits per heavy atom. The molecule has 0 saturated carbocycles. The normalized spacial score (nSPS) is 11.2. The second-order valence-electron chi connectivity index (χ2n) is 12.5. The Kier molecular flexibility index (Phi) is 9.41. The molecule has 10 aromatic rings. The summed E-state index contributed by atoms with van der Waals surface area (Å²) in [5.74, 6) is -0.630. The third-order valence-electron chi connectivity index (χ3n) is 9.28. The number of para-hydroxylation sites is 2. The zero-order valence-corrected chi connectivity index (χ0v) is 30.3. The Hall–Kier alpha value is -5.95. The van der Waals surface area contributed by atoms with Crippen LogP contribution in [0.4, 0.5) is 8.78 Å². The molecule has 0 spiro atoms. The van der Waals surface area contributed by atoms with Crippen molar-refractivity contribution in [2.45, 2.75) is 0 Å². The molecule has 0 aliphatic heterocycles. The third kappa shape index (κ3) is 6.28. The Balaban J connectivity index is 0.000000123. The summed E-state index contributed by atoms with van der Waals surface area (Å²) in [5, 5.41) is 44.9. The molecule has 2 aromatic heterocycles. The van der Waals surface area contributed by atoms with Crippen molar-refractivity contribution in [3.8, 4) is 22.6 Å². The van der Waals surface area contributed by atoms with Gasteiger partial charge in [0.05, 0.1) is 3.57 Å². The fourth-order valence-electron chi connectivity index (χ4n) is 6.85. The van der Waals surface area contributed by atoms with Crippen molar-refractivity contribution in [3.63, 3.8) is 0 Å². The van der Waals surface area contributed by atoms with E-state index in [0.717, 1.165) is 52.4 Å². The van der Waals surface area contributed by atoms with Crippen LogP contribution in [0.1, 0.15) is 0 Å². The van der Waals surface area contributed by atoms with E-state index in [1.165, 1.54) is 12.1 Å². The first-order valence-corrected chi connectivity index (χ1v) is 17.9. The van der Waals surface area contributed by atoms with E-state index in [-0.39, 0.29) is 17.0 Å². The monoisotopic (exact) mass is 828 g/mol. The number of fused-ring (bicyclic) bond motifs is 8. The number of phenolic OH excluding ortho intramolecular Hbond substituents is 2. The maximum absolute atomic E-state index is 14.9. The molecule has 264 valence electrons. The minimum atomic E-state index is -1.78. The van der Waals surface area contributed by atoms with Gasteiger partial charge in [0.25, 0.3) is 0 Å². The SMILES string of the molecule is OB(O)c1c(F)ccc2ccccc12.Oc1ccc2oc3ccccc3c2c1-c1c(F)ccc2ccccc12.Oc1ccc2oc3ccccc3c2c1I. The van der Waals surface area contributed by atoms with E-state index in [2.05, 4.69) is 22.6 Å². The third-order valence-corrected chi connectivity index (χ3v) is 10.4. The first-order valence-electron chi connectivity index (χ1n) is 16.8. The molecule has 0 radical (unpaired) electrons. The summed E-state index contributed by atoms with van der Waals surface area (Å²) in [6.45, 7) is 0. The molecule has 8 aromatic carbocycles. The van der Waals surface area contributed by atoms with Crippen molar-refractivity contribution in [2.24, 2.45) is 0 Å². The zero-order valence-electron chi connectivity index (χ0n) is 28.2. The van der Waals surface area contributed by atoms with E-state index in [4.69, 9.17) is 18.9 Å². The van der Waals surface area contributed by atoms with Gasteiger partial charge in [0, 0.05) is 38.1 Å². The van der Waals surface area contributed by atoms with E-state index in [1.54, 1.807) is 54.6 Å². The quantitative estimate of drug-likeness (QED) is 0.102. The van der Waals surface area contributed by atoms with Crippen LogP contribution in [-0.2, 0) is 0 Å². The summed E-state index contributed by atoms with van der Waals surface area (Å²) >= 11 is 2.14. The topological polar surface area (TPSA) is 107 Å². The first-order chi connectivity index (χ1) is 26.2. The first kappa shape index (κ1) is 35.1. The summed E-state index contributed by atoms with van der Waals surface area (Å²) in [7, 11) is -1.78. The minimum absolute atomic E-state index is 0.0364. The van der Waals surface area contributed by atoms with Crippen LogP contribution in [0.5, 0.6) is 11.5 Å². The van der Waals surface area contributed by atoms with Crippen LogP contribution in [0.25, 0.3) is 76.5 Å². The number of hydrogen-bond donors (Lipinski definition) is 4. The molecule has 0 saturated heterocycles. The van der Waals surface area contributed by atoms with E-state index >= 15 is 0 Å². The van der Waals surface area contributed by atoms with E-state index < -0.39 is 12.9 Å². The van der Waals surface area contributed by atoms with Gasteiger partial charge in [-0.2, -0.15) is 0 Å². The van der Waals surface area contributed by atoms with E-state index in [9.17, 15) is 19.0 Å². The van der Waals surface area contributed by atoms with Gasteiger partial charge in [0.15, 0.2) is 0 Å². The number of aromatic hydroxyl groups is 2. The van der Waals surface area contributed by atoms with Gasteiger partial charge in [-0.05, 0) is 92.7 Å². The van der Waals surface area contributed by atoms with Gasteiger partial charge in [-0.15, -0.1) is 0 Å². The fraction of sp³-hybridized carbons (Fsp3) is 0. The lowest BCUT2D eigenvalue weighted by Crippen LogP contribution is -2.33. The molecule has 0 amide bonds. The van der Waals surface area contributed by atoms with Crippen molar-refractivity contribution in [2.75, 3.05) is 0 Å². The zero-order chi connectivity index (χ0) is 37.5. The van der Waals surface area contributed by atoms with Gasteiger partial charge in [0.2, 0.25) is 0 Å². The highest BCUT2D eigenvalue weighted by molar-refractivity contribution is 14.1. The lowest BCUT2D eigenvalue weighted by molar-refractivity contribution is 0.423. The van der Waals surface area contributed by atoms with Crippen LogP contribution in [-0.4, -0.2) is 27.4 Å². The molecule has 0 fully saturated rings. The highest BCUT2D eigenvalue weighted by Gasteiger charge is 2.21. The van der Waals surface area contributed by atoms with Gasteiger partial charge < -0.3 is 29.1 Å². The maximum Gasteiger partial charge on any atom is 0.492 e. The Morgan fingerprint density at radius 1 is 0.444 bits per heavy atom. The highest BCUT2D eigenvalue weighted by Crippen LogP contribution is 2.45. The van der Waals surface area contributed by atoms with E-state index in [1.807, 2.05) is 78.9 Å². The van der Waals surface area contributed by atoms with Crippen molar-refractivity contribution in [3.05, 3.63) is 161 Å². The molecule has 0 aliphatic carbocycles. The maximum atomic E-state index is 14.9. The smallest absolute Gasteiger partial charge is 0.492 e. The molecular weight excluding hydrogens is 800 g/mol. The predicted octanol–water partition coefficient (Wildman–Crippen LogP) is 10.8. The summed E-state index contributed by atoms with van der Waals surface area (Å²) in [6.07, 6.45) is 0. The summed E-state index contributed by atoms with van der Waals surface area (Å²) in [5.41, 5.74) is 3.81. The standard InChI is InChI=1S/C22H13FO2.C12H7IO2.C10H8BFO2/c23-16-10-9-13-5-1-2-6-14(13)20(16)22-17(24)11-12-19-21(22)15-7-3-4-8-18(15)25-19;13-12-8(14)5-6-10-11(12)7-3-1-2-4-9(7)15-10;12-9-6-5-7-3-1-2-4-8(7)10(9)11(13)14/h1-12,24H;1-6,14H;1-6,13-14H. The molecule has 4 N–H and O–H groups in total. The average molecular weight is 828 g/mol. The molecule has 2 heterocycles. The van der Waals surface area contributed by atoms with Gasteiger partial charge in [-0.3, -0.25) is 0 Å². The Bertz CT molecular complexity index is 3010. The summed E-state index contributed by atoms with van der Waals surface area (Å²) in [6, 6.07) is 42.8. The molecule has 0 aliphatic rings. The Morgan fingerprint density at radius 3 is 1.56 bits per heavy atom. The van der Waals surface area contributed by atoms with Crippen LogP contribution in [0.2, 0.25) is 0 Å². The lowest BCUT2D eigenvalue weighted by atomic mass is 9.77. The van der Waals surface area contributed by atoms with Crippen LogP contribution < -0.4 is 5.46 Å². The summed E-state index contributed by atoms with van der Waals surface area (Å²) < 4.78 is 40.5. The molecule has 0 bridgehead atoms. The van der Waals surface area contributed by atoms with Crippen LogP contribution in [0.3, 0.4) is 0 Å². The minimum Gasteiger partial charge on any atom is -0.507 e. The Labute approximate surface area is 320 Å². The van der Waals surface area contributed by atoms with Crippen LogP contribution in [0.15, 0.2) is 154 Å². The van der Waals surface area contributed by atoms with Crippen molar-refractivity contribution < 1.29 is 37.9 Å². The van der Waals surface area contributed by atoms with Gasteiger partial charge in [-0.1, -0.05) is 97.1 Å². The van der Waals surface area contributed by atoms with Crippen molar-refractivity contribution in [1.29, 1.82) is 0 Å². The molecule has 54 heavy (non-hydrogen) atoms. The number of rotatable bonds is 2. The molecule has 0 atom stereocenters. The molecule has 6 nitrogen and oxygen atoms in total. The fourth-order valence-corrected chi connectivity index (χ4v) is 7.59. The average Bonchev–Trinajstić information content (AvgIpc) is 3.76. The largest absolute Gasteiger partial charge is 0.507 e. The molecule has 10 heteroatoms. The van der Waals surface area contributed by atoms with E-state index in [0.29, 0.717) is 33.4 Å². The summed E-state index contributed by atoms with van der Waals surface area (Å²) in [4.78, 5) is 0. The molecule has 10 rings (SSSR count).